The molecule has 1 heterocycles. The number of benzene rings is 1. The number of carbonyl (C=O) groups is 1. The van der Waals surface area contributed by atoms with E-state index in [0.29, 0.717) is 12.1 Å². The number of nitrogens with zero attached hydrogens (tertiary/aromatic N) is 1. The summed E-state index contributed by atoms with van der Waals surface area (Å²) in [5, 5.41) is 9.49. The van der Waals surface area contributed by atoms with Crippen molar-refractivity contribution in [1.29, 1.82) is 0 Å². The molecule has 0 bridgehead atoms. The number of rotatable bonds is 0. The van der Waals surface area contributed by atoms with Crippen molar-refractivity contribution in [2.45, 2.75) is 6.42 Å². The number of fused-ring (bicyclic) bond motifs is 1. The van der Waals surface area contributed by atoms with Crippen molar-refractivity contribution in [1.82, 2.24) is 4.90 Å². The zero-order valence-corrected chi connectivity index (χ0v) is 7.45. The summed E-state index contributed by atoms with van der Waals surface area (Å²) in [7, 11) is 1.77. The summed E-state index contributed by atoms with van der Waals surface area (Å²) in [6.07, 6.45) is 0.740. The lowest BCUT2D eigenvalue weighted by molar-refractivity contribution is 0.0779. The number of hydrogen-bond acceptors (Lipinski definition) is 2. The zero-order chi connectivity index (χ0) is 9.42. The quantitative estimate of drug-likeness (QED) is 0.642. The van der Waals surface area contributed by atoms with Gasteiger partial charge in [-0.25, -0.2) is 0 Å². The average molecular weight is 177 g/mol. The van der Waals surface area contributed by atoms with Gasteiger partial charge >= 0.3 is 0 Å². The first-order valence-corrected chi connectivity index (χ1v) is 4.26. The third kappa shape index (κ3) is 1.16. The molecule has 0 fully saturated rings. The Morgan fingerprint density at radius 1 is 1.46 bits per heavy atom. The molecule has 1 N–H and O–H groups in total. The summed E-state index contributed by atoms with van der Waals surface area (Å²) in [4.78, 5) is 13.3. The van der Waals surface area contributed by atoms with E-state index in [1.54, 1.807) is 30.1 Å². The van der Waals surface area contributed by atoms with Crippen LogP contribution in [0, 0.1) is 0 Å². The first-order chi connectivity index (χ1) is 6.20. The van der Waals surface area contributed by atoms with Crippen molar-refractivity contribution in [3.63, 3.8) is 0 Å². The van der Waals surface area contributed by atoms with Gasteiger partial charge in [0.2, 0.25) is 0 Å². The van der Waals surface area contributed by atoms with E-state index >= 15 is 0 Å². The molecule has 0 saturated heterocycles. The highest BCUT2D eigenvalue weighted by Gasteiger charge is 2.22. The predicted molar refractivity (Wildman–Crippen MR) is 48.8 cm³/mol. The van der Waals surface area contributed by atoms with E-state index < -0.39 is 0 Å². The van der Waals surface area contributed by atoms with Crippen LogP contribution in [0.1, 0.15) is 15.9 Å². The van der Waals surface area contributed by atoms with Gasteiger partial charge in [-0.3, -0.25) is 4.79 Å². The van der Waals surface area contributed by atoms with E-state index in [1.807, 2.05) is 0 Å². The van der Waals surface area contributed by atoms with E-state index in [2.05, 4.69) is 0 Å². The SMILES string of the molecule is CN1CCc2c(O)cccc2C1=O. The Labute approximate surface area is 76.6 Å². The van der Waals surface area contributed by atoms with Crippen LogP contribution >= 0.6 is 0 Å². The summed E-state index contributed by atoms with van der Waals surface area (Å²) in [6.45, 7) is 0.684. The van der Waals surface area contributed by atoms with Gasteiger partial charge < -0.3 is 10.0 Å². The van der Waals surface area contributed by atoms with E-state index in [0.717, 1.165) is 12.0 Å². The molecule has 1 aromatic rings. The number of phenolic OH excluding ortho intramolecular Hbond substituents is 1. The summed E-state index contributed by atoms with van der Waals surface area (Å²) in [6, 6.07) is 5.08. The maximum Gasteiger partial charge on any atom is 0.254 e. The maximum atomic E-state index is 11.6. The van der Waals surface area contributed by atoms with Crippen LogP contribution in [-0.2, 0) is 6.42 Å². The van der Waals surface area contributed by atoms with Gasteiger partial charge in [-0.15, -0.1) is 0 Å². The normalized spacial score (nSPS) is 15.8. The Balaban J connectivity index is 2.55. The number of amides is 1. The molecule has 1 aliphatic rings. The lowest BCUT2D eigenvalue weighted by Crippen LogP contribution is -2.34. The minimum Gasteiger partial charge on any atom is -0.508 e. The van der Waals surface area contributed by atoms with Crippen LogP contribution in [0.5, 0.6) is 5.75 Å². The van der Waals surface area contributed by atoms with Crippen LogP contribution in [-0.4, -0.2) is 29.5 Å². The number of hydrogen-bond donors (Lipinski definition) is 1. The molecule has 13 heavy (non-hydrogen) atoms. The van der Waals surface area contributed by atoms with Gasteiger partial charge in [0, 0.05) is 24.7 Å². The van der Waals surface area contributed by atoms with Crippen molar-refractivity contribution in [2.24, 2.45) is 0 Å². The van der Waals surface area contributed by atoms with Crippen LogP contribution in [0.25, 0.3) is 0 Å². The summed E-state index contributed by atoms with van der Waals surface area (Å²) < 4.78 is 0. The van der Waals surface area contributed by atoms with Crippen molar-refractivity contribution in [2.75, 3.05) is 13.6 Å². The standard InChI is InChI=1S/C10H11NO2/c1-11-6-5-7-8(10(11)13)3-2-4-9(7)12/h2-4,12H,5-6H2,1H3. The Kier molecular flexibility index (Phi) is 1.72. The van der Waals surface area contributed by atoms with E-state index in [9.17, 15) is 9.90 Å². The Hall–Kier alpha value is -1.51. The monoisotopic (exact) mass is 177 g/mol. The highest BCUT2D eigenvalue weighted by atomic mass is 16.3. The number of phenols is 1. The van der Waals surface area contributed by atoms with E-state index in [1.165, 1.54) is 0 Å². The van der Waals surface area contributed by atoms with Crippen LogP contribution in [0.3, 0.4) is 0 Å². The highest BCUT2D eigenvalue weighted by Crippen LogP contribution is 2.25. The fraction of sp³-hybridized carbons (Fsp3) is 0.300. The Bertz CT molecular complexity index is 360. The molecule has 3 heteroatoms. The van der Waals surface area contributed by atoms with Gasteiger partial charge in [-0.05, 0) is 18.6 Å². The van der Waals surface area contributed by atoms with Gasteiger partial charge in [-0.2, -0.15) is 0 Å². The van der Waals surface area contributed by atoms with Gasteiger partial charge in [0.15, 0.2) is 0 Å². The summed E-state index contributed by atoms with van der Waals surface area (Å²) in [5.41, 5.74) is 1.42. The smallest absolute Gasteiger partial charge is 0.254 e. The van der Waals surface area contributed by atoms with Gasteiger partial charge in [0.1, 0.15) is 5.75 Å². The lowest BCUT2D eigenvalue weighted by Gasteiger charge is -2.24. The molecule has 1 aliphatic heterocycles. The second-order valence-corrected chi connectivity index (χ2v) is 3.28. The van der Waals surface area contributed by atoms with Crippen LogP contribution in [0.2, 0.25) is 0 Å². The van der Waals surface area contributed by atoms with Crippen LogP contribution < -0.4 is 0 Å². The van der Waals surface area contributed by atoms with Crippen molar-refractivity contribution < 1.29 is 9.90 Å². The summed E-state index contributed by atoms with van der Waals surface area (Å²) in [5.74, 6) is 0.233. The highest BCUT2D eigenvalue weighted by molar-refractivity contribution is 5.97. The molecule has 0 saturated carbocycles. The molecular formula is C10H11NO2. The maximum absolute atomic E-state index is 11.6. The van der Waals surface area contributed by atoms with Crippen molar-refractivity contribution in [3.05, 3.63) is 29.3 Å². The third-order valence-electron chi connectivity index (χ3n) is 2.43. The molecule has 3 nitrogen and oxygen atoms in total. The molecule has 0 radical (unpaired) electrons. The van der Waals surface area contributed by atoms with Crippen LogP contribution in [0.15, 0.2) is 18.2 Å². The Morgan fingerprint density at radius 3 is 3.00 bits per heavy atom. The fourth-order valence-corrected chi connectivity index (χ4v) is 1.62. The molecule has 2 rings (SSSR count). The molecule has 0 aliphatic carbocycles. The first-order valence-electron chi connectivity index (χ1n) is 4.26. The molecule has 68 valence electrons. The molecule has 1 amide bonds. The van der Waals surface area contributed by atoms with Crippen LogP contribution in [0.4, 0.5) is 0 Å². The second-order valence-electron chi connectivity index (χ2n) is 3.28. The van der Waals surface area contributed by atoms with E-state index in [-0.39, 0.29) is 11.7 Å². The van der Waals surface area contributed by atoms with Crippen molar-refractivity contribution >= 4 is 5.91 Å². The number of aromatic hydroxyl groups is 1. The topological polar surface area (TPSA) is 40.5 Å². The molecule has 0 atom stereocenters. The predicted octanol–water partition coefficient (Wildman–Crippen LogP) is 1.02. The largest absolute Gasteiger partial charge is 0.508 e. The third-order valence-corrected chi connectivity index (χ3v) is 2.43. The average Bonchev–Trinajstić information content (AvgIpc) is 2.12. The minimum absolute atomic E-state index is 0.00264. The number of carbonyl (C=O) groups excluding carboxylic acids is 1. The van der Waals surface area contributed by atoms with Gasteiger partial charge in [0.05, 0.1) is 0 Å². The number of likely N-dealkylation sites (N-methyl/N-ethyl adjacent to an activating group) is 1. The first kappa shape index (κ1) is 8.10. The van der Waals surface area contributed by atoms with Crippen molar-refractivity contribution in [3.8, 4) is 5.75 Å². The molecule has 0 unspecified atom stereocenters. The van der Waals surface area contributed by atoms with E-state index in [4.69, 9.17) is 0 Å². The van der Waals surface area contributed by atoms with Gasteiger partial charge in [-0.1, -0.05) is 6.07 Å². The summed E-state index contributed by atoms with van der Waals surface area (Å²) >= 11 is 0. The zero-order valence-electron chi connectivity index (χ0n) is 7.45. The Morgan fingerprint density at radius 2 is 2.23 bits per heavy atom. The molecule has 0 spiro atoms. The minimum atomic E-state index is -0.00264. The molecular weight excluding hydrogens is 166 g/mol. The molecule has 0 aromatic heterocycles. The van der Waals surface area contributed by atoms with Gasteiger partial charge in [0.25, 0.3) is 5.91 Å². The molecule has 1 aromatic carbocycles. The second kappa shape index (κ2) is 2.76. The lowest BCUT2D eigenvalue weighted by atomic mass is 9.98. The fourth-order valence-electron chi connectivity index (χ4n) is 1.62.